The lowest BCUT2D eigenvalue weighted by Gasteiger charge is -2.56. The van der Waals surface area contributed by atoms with Gasteiger partial charge in [0.15, 0.2) is 0 Å². The van der Waals surface area contributed by atoms with Crippen LogP contribution in [0.1, 0.15) is 61.3 Å². The number of carbonyl (C=O) groups is 1. The van der Waals surface area contributed by atoms with E-state index < -0.39 is 0 Å². The molecule has 2 atom stereocenters. The number of amides is 1. The van der Waals surface area contributed by atoms with Crippen LogP contribution < -0.4 is 0 Å². The van der Waals surface area contributed by atoms with Gasteiger partial charge in [-0.25, -0.2) is 0 Å². The van der Waals surface area contributed by atoms with Crippen LogP contribution in [-0.2, 0) is 11.2 Å². The van der Waals surface area contributed by atoms with Gasteiger partial charge in [-0.1, -0.05) is 24.3 Å². The van der Waals surface area contributed by atoms with Crippen molar-refractivity contribution in [2.45, 2.75) is 64.5 Å². The molecule has 6 heteroatoms. The number of nitrogens with zero attached hydrogens (tertiary/aromatic N) is 3. The smallest absolute Gasteiger partial charge is 0.267 e. The van der Waals surface area contributed by atoms with Crippen molar-refractivity contribution in [2.24, 2.45) is 5.41 Å². The Morgan fingerprint density at radius 1 is 1.41 bits per heavy atom. The quantitative estimate of drug-likeness (QED) is 0.836. The van der Waals surface area contributed by atoms with Crippen LogP contribution >= 0.6 is 11.5 Å². The Morgan fingerprint density at radius 2 is 2.14 bits per heavy atom. The Bertz CT molecular complexity index is 539. The van der Waals surface area contributed by atoms with E-state index >= 15 is 0 Å². The largest absolute Gasteiger partial charge is 0.378 e. The van der Waals surface area contributed by atoms with Crippen LogP contribution in [0.15, 0.2) is 0 Å². The van der Waals surface area contributed by atoms with E-state index in [-0.39, 0.29) is 11.3 Å². The number of carbonyl (C=O) groups excluding carboxylic acids is 1. The molecule has 3 rings (SSSR count). The maximum Gasteiger partial charge on any atom is 0.267 e. The molecule has 2 fully saturated rings. The van der Waals surface area contributed by atoms with Crippen molar-refractivity contribution < 1.29 is 9.53 Å². The third-order valence-electron chi connectivity index (χ3n) is 5.52. The van der Waals surface area contributed by atoms with E-state index in [0.717, 1.165) is 25.1 Å². The molecular formula is C16H25N3O2S. The molecule has 1 spiro atoms. The van der Waals surface area contributed by atoms with E-state index in [4.69, 9.17) is 4.74 Å². The van der Waals surface area contributed by atoms with Gasteiger partial charge in [-0.3, -0.25) is 4.79 Å². The highest BCUT2D eigenvalue weighted by Crippen LogP contribution is 2.56. The average molecular weight is 323 g/mol. The lowest BCUT2D eigenvalue weighted by atomic mass is 9.60. The summed E-state index contributed by atoms with van der Waals surface area (Å²) in [6, 6.07) is 0.297. The molecule has 2 aliphatic carbocycles. The van der Waals surface area contributed by atoms with Crippen LogP contribution in [0.4, 0.5) is 0 Å². The van der Waals surface area contributed by atoms with Crippen LogP contribution in [0.25, 0.3) is 0 Å². The van der Waals surface area contributed by atoms with E-state index in [1.54, 1.807) is 0 Å². The van der Waals surface area contributed by atoms with Crippen molar-refractivity contribution in [1.82, 2.24) is 14.5 Å². The van der Waals surface area contributed by atoms with Crippen molar-refractivity contribution in [3.05, 3.63) is 10.6 Å². The zero-order chi connectivity index (χ0) is 15.7. The topological polar surface area (TPSA) is 55.3 Å². The van der Waals surface area contributed by atoms with E-state index in [1.807, 2.05) is 18.9 Å². The van der Waals surface area contributed by atoms with E-state index in [9.17, 15) is 4.79 Å². The molecule has 2 aliphatic rings. The summed E-state index contributed by atoms with van der Waals surface area (Å²) in [5, 5.41) is 4.07. The monoisotopic (exact) mass is 323 g/mol. The second kappa shape index (κ2) is 6.24. The summed E-state index contributed by atoms with van der Waals surface area (Å²) in [5.74, 6) is 0.0815. The number of rotatable bonds is 5. The Kier molecular flexibility index (Phi) is 4.50. The van der Waals surface area contributed by atoms with Gasteiger partial charge in [0.2, 0.25) is 0 Å². The third-order valence-corrected chi connectivity index (χ3v) is 6.27. The Labute approximate surface area is 136 Å². The minimum absolute atomic E-state index is 0.0815. The maximum atomic E-state index is 12.8. The molecular weight excluding hydrogens is 298 g/mol. The van der Waals surface area contributed by atoms with Gasteiger partial charge in [-0.15, -0.1) is 5.10 Å². The van der Waals surface area contributed by atoms with Gasteiger partial charge in [0.25, 0.3) is 5.91 Å². The predicted molar refractivity (Wildman–Crippen MR) is 86.1 cm³/mol. The Balaban J connectivity index is 1.77. The Hall–Kier alpha value is -1.01. The first-order chi connectivity index (χ1) is 10.6. The van der Waals surface area contributed by atoms with Crippen molar-refractivity contribution in [1.29, 1.82) is 0 Å². The van der Waals surface area contributed by atoms with Gasteiger partial charge in [-0.2, -0.15) is 0 Å². The minimum atomic E-state index is 0.0815. The van der Waals surface area contributed by atoms with Gasteiger partial charge in [-0.05, 0) is 44.1 Å². The standard InChI is InChI=1S/C16H25N3O2S/c1-4-11-14(22-18-17-11)15(20)19(3)12-10-13(21-5-2)16(12)8-6-7-9-16/h12-13H,4-10H2,1-3H3/t12-,13+/m0/s1. The van der Waals surface area contributed by atoms with Crippen molar-refractivity contribution >= 4 is 17.4 Å². The molecule has 1 aromatic heterocycles. The molecule has 1 heterocycles. The van der Waals surface area contributed by atoms with Gasteiger partial charge < -0.3 is 9.64 Å². The zero-order valence-electron chi connectivity index (χ0n) is 13.7. The highest BCUT2D eigenvalue weighted by Gasteiger charge is 2.59. The summed E-state index contributed by atoms with van der Waals surface area (Å²) in [6.07, 6.45) is 6.91. The minimum Gasteiger partial charge on any atom is -0.378 e. The van der Waals surface area contributed by atoms with Gasteiger partial charge in [0, 0.05) is 25.1 Å². The molecule has 122 valence electrons. The molecule has 1 aromatic rings. The second-order valence-corrected chi connectivity index (χ2v) is 7.21. The van der Waals surface area contributed by atoms with Gasteiger partial charge in [0.05, 0.1) is 11.8 Å². The molecule has 0 bridgehead atoms. The zero-order valence-corrected chi connectivity index (χ0v) is 14.5. The number of ether oxygens (including phenoxy) is 1. The molecule has 0 aliphatic heterocycles. The third kappa shape index (κ3) is 2.36. The first-order valence-electron chi connectivity index (χ1n) is 8.34. The SMILES string of the molecule is CCO[C@@H]1C[C@H](N(C)C(=O)c2snnc2CC)C12CCCC2. The molecule has 5 nitrogen and oxygen atoms in total. The fraction of sp³-hybridized carbons (Fsp3) is 0.812. The number of aromatic nitrogens is 2. The molecule has 22 heavy (non-hydrogen) atoms. The fourth-order valence-corrected chi connectivity index (χ4v) is 5.03. The first kappa shape index (κ1) is 15.9. The summed E-state index contributed by atoms with van der Waals surface area (Å²) in [7, 11) is 1.94. The maximum absolute atomic E-state index is 12.8. The molecule has 0 saturated heterocycles. The van der Waals surface area contributed by atoms with Gasteiger partial charge >= 0.3 is 0 Å². The second-order valence-electron chi connectivity index (χ2n) is 6.45. The van der Waals surface area contributed by atoms with E-state index in [1.165, 1.54) is 37.2 Å². The van der Waals surface area contributed by atoms with Crippen LogP contribution in [0.3, 0.4) is 0 Å². The van der Waals surface area contributed by atoms with Crippen LogP contribution in [0.5, 0.6) is 0 Å². The molecule has 2 saturated carbocycles. The molecule has 0 aromatic carbocycles. The van der Waals surface area contributed by atoms with Crippen LogP contribution in [0, 0.1) is 5.41 Å². The Morgan fingerprint density at radius 3 is 2.77 bits per heavy atom. The predicted octanol–water partition coefficient (Wildman–Crippen LogP) is 2.91. The van der Waals surface area contributed by atoms with E-state index in [0.29, 0.717) is 17.0 Å². The fourth-order valence-electron chi connectivity index (χ4n) is 4.30. The number of hydrogen-bond donors (Lipinski definition) is 0. The first-order valence-corrected chi connectivity index (χ1v) is 9.11. The van der Waals surface area contributed by atoms with Gasteiger partial charge in [0.1, 0.15) is 4.88 Å². The van der Waals surface area contributed by atoms with Crippen molar-refractivity contribution in [2.75, 3.05) is 13.7 Å². The number of aryl methyl sites for hydroxylation is 1. The molecule has 1 amide bonds. The van der Waals surface area contributed by atoms with Crippen LogP contribution in [-0.4, -0.2) is 46.2 Å². The highest BCUT2D eigenvalue weighted by molar-refractivity contribution is 7.08. The molecule has 0 N–H and O–H groups in total. The van der Waals surface area contributed by atoms with E-state index in [2.05, 4.69) is 16.5 Å². The summed E-state index contributed by atoms with van der Waals surface area (Å²) < 4.78 is 9.90. The summed E-state index contributed by atoms with van der Waals surface area (Å²) in [6.45, 7) is 4.83. The summed E-state index contributed by atoms with van der Waals surface area (Å²) in [4.78, 5) is 15.5. The van der Waals surface area contributed by atoms with Crippen molar-refractivity contribution in [3.8, 4) is 0 Å². The lowest BCUT2D eigenvalue weighted by molar-refractivity contribution is -0.152. The summed E-state index contributed by atoms with van der Waals surface area (Å²) >= 11 is 1.22. The summed E-state index contributed by atoms with van der Waals surface area (Å²) in [5.41, 5.74) is 1.01. The normalized spacial score (nSPS) is 26.1. The lowest BCUT2D eigenvalue weighted by Crippen LogP contribution is -2.64. The molecule has 0 radical (unpaired) electrons. The molecule has 0 unspecified atom stereocenters. The highest BCUT2D eigenvalue weighted by atomic mass is 32.1. The van der Waals surface area contributed by atoms with Crippen LogP contribution in [0.2, 0.25) is 0 Å². The average Bonchev–Trinajstić information content (AvgIpc) is 3.19. The number of hydrogen-bond acceptors (Lipinski definition) is 5. The van der Waals surface area contributed by atoms with Crippen molar-refractivity contribution in [3.63, 3.8) is 0 Å².